The Kier molecular flexibility index (Phi) is 5.10. The zero-order chi connectivity index (χ0) is 17.0. The van der Waals surface area contributed by atoms with Crippen LogP contribution in [-0.4, -0.2) is 53.2 Å². The Balaban J connectivity index is 1.89. The summed E-state index contributed by atoms with van der Waals surface area (Å²) in [6.45, 7) is 3.59. The quantitative estimate of drug-likeness (QED) is 0.618. The summed E-state index contributed by atoms with van der Waals surface area (Å²) in [5, 5.41) is 2.68. The molecule has 122 valence electrons. The van der Waals surface area contributed by atoms with Crippen LogP contribution in [-0.2, 0) is 14.4 Å². The molecular formula is C16H19N3O4. The molecule has 23 heavy (non-hydrogen) atoms. The molecule has 1 aromatic carbocycles. The first-order valence-electron chi connectivity index (χ1n) is 7.44. The molecule has 1 fully saturated rings. The number of nitrogens with zero attached hydrogens (tertiary/aromatic N) is 2. The Labute approximate surface area is 134 Å². The molecule has 0 aromatic heterocycles. The second-order valence-electron chi connectivity index (χ2n) is 5.34. The van der Waals surface area contributed by atoms with Crippen molar-refractivity contribution >= 4 is 23.8 Å². The van der Waals surface area contributed by atoms with Crippen LogP contribution < -0.4 is 5.32 Å². The molecule has 0 spiro atoms. The third-order valence-corrected chi connectivity index (χ3v) is 3.73. The van der Waals surface area contributed by atoms with Crippen molar-refractivity contribution in [2.75, 3.05) is 19.6 Å². The first-order valence-corrected chi connectivity index (χ1v) is 7.44. The van der Waals surface area contributed by atoms with Gasteiger partial charge >= 0.3 is 17.8 Å². The van der Waals surface area contributed by atoms with Gasteiger partial charge in [-0.1, -0.05) is 37.3 Å². The predicted octanol–water partition coefficient (Wildman–Crippen LogP) is 0.717. The number of hydrogen-bond acceptors (Lipinski definition) is 4. The molecule has 0 aliphatic carbocycles. The van der Waals surface area contributed by atoms with Crippen LogP contribution in [0.2, 0.25) is 0 Å². The second-order valence-corrected chi connectivity index (χ2v) is 5.34. The molecule has 1 saturated heterocycles. The van der Waals surface area contributed by atoms with Crippen LogP contribution >= 0.6 is 0 Å². The molecule has 1 atom stereocenters. The normalized spacial score (nSPS) is 16.0. The predicted molar refractivity (Wildman–Crippen MR) is 82.4 cm³/mol. The zero-order valence-electron chi connectivity index (χ0n) is 13.1. The van der Waals surface area contributed by atoms with E-state index in [1.165, 1.54) is 0 Å². The number of likely N-dealkylation sites (N-methyl/N-ethyl adjacent to an activating group) is 1. The number of hydrogen-bond donors (Lipinski definition) is 1. The fourth-order valence-electron chi connectivity index (χ4n) is 2.33. The van der Waals surface area contributed by atoms with E-state index in [9.17, 15) is 19.2 Å². The molecule has 7 heteroatoms. The van der Waals surface area contributed by atoms with Crippen LogP contribution in [0.3, 0.4) is 0 Å². The van der Waals surface area contributed by atoms with Crippen molar-refractivity contribution in [3.63, 3.8) is 0 Å². The summed E-state index contributed by atoms with van der Waals surface area (Å²) in [5.74, 6) is -2.22. The lowest BCUT2D eigenvalue weighted by Gasteiger charge is -2.16. The van der Waals surface area contributed by atoms with Crippen molar-refractivity contribution in [3.8, 4) is 0 Å². The number of imide groups is 2. The minimum absolute atomic E-state index is 0.0962. The number of benzene rings is 1. The van der Waals surface area contributed by atoms with Gasteiger partial charge < -0.3 is 5.32 Å². The molecule has 0 unspecified atom stereocenters. The van der Waals surface area contributed by atoms with Gasteiger partial charge in [0, 0.05) is 13.1 Å². The summed E-state index contributed by atoms with van der Waals surface area (Å²) in [6.07, 6.45) is 0. The van der Waals surface area contributed by atoms with Gasteiger partial charge in [-0.05, 0) is 18.4 Å². The summed E-state index contributed by atoms with van der Waals surface area (Å²) < 4.78 is 0. The Morgan fingerprint density at radius 3 is 2.26 bits per heavy atom. The molecule has 1 N–H and O–H groups in total. The lowest BCUT2D eigenvalue weighted by Crippen LogP contribution is -2.42. The van der Waals surface area contributed by atoms with E-state index in [-0.39, 0.29) is 12.5 Å². The van der Waals surface area contributed by atoms with Gasteiger partial charge in [-0.25, -0.2) is 9.69 Å². The maximum Gasteiger partial charge on any atom is 0.334 e. The van der Waals surface area contributed by atoms with Gasteiger partial charge in [-0.2, -0.15) is 0 Å². The van der Waals surface area contributed by atoms with Crippen LogP contribution in [0.15, 0.2) is 30.3 Å². The van der Waals surface area contributed by atoms with Gasteiger partial charge in [0.05, 0.1) is 0 Å². The molecule has 5 amide bonds. The van der Waals surface area contributed by atoms with Gasteiger partial charge in [0.15, 0.2) is 0 Å². The van der Waals surface area contributed by atoms with Gasteiger partial charge in [-0.15, -0.1) is 0 Å². The van der Waals surface area contributed by atoms with E-state index in [1.807, 2.05) is 37.3 Å². The molecular weight excluding hydrogens is 298 g/mol. The highest BCUT2D eigenvalue weighted by Crippen LogP contribution is 2.14. The molecule has 1 heterocycles. The number of rotatable bonds is 6. The monoisotopic (exact) mass is 317 g/mol. The van der Waals surface area contributed by atoms with Crippen molar-refractivity contribution in [1.29, 1.82) is 0 Å². The maximum atomic E-state index is 11.9. The minimum Gasteiger partial charge on any atom is -0.354 e. The lowest BCUT2D eigenvalue weighted by atomic mass is 10.0. The first-order chi connectivity index (χ1) is 11.0. The fourth-order valence-corrected chi connectivity index (χ4v) is 2.33. The Hall–Kier alpha value is -2.70. The molecule has 1 aliphatic rings. The van der Waals surface area contributed by atoms with E-state index < -0.39 is 30.3 Å². The molecule has 0 saturated carbocycles. The van der Waals surface area contributed by atoms with Crippen molar-refractivity contribution in [2.45, 2.75) is 19.8 Å². The third kappa shape index (κ3) is 3.56. The number of urea groups is 1. The van der Waals surface area contributed by atoms with Crippen LogP contribution in [0.25, 0.3) is 0 Å². The van der Waals surface area contributed by atoms with Gasteiger partial charge in [0.25, 0.3) is 0 Å². The molecule has 1 aromatic rings. The van der Waals surface area contributed by atoms with E-state index in [0.717, 1.165) is 10.5 Å². The summed E-state index contributed by atoms with van der Waals surface area (Å²) >= 11 is 0. The van der Waals surface area contributed by atoms with Crippen molar-refractivity contribution in [2.24, 2.45) is 0 Å². The Bertz CT molecular complexity index is 629. The van der Waals surface area contributed by atoms with E-state index >= 15 is 0 Å². The molecule has 1 aliphatic heterocycles. The van der Waals surface area contributed by atoms with E-state index in [1.54, 1.807) is 6.92 Å². The number of nitrogens with one attached hydrogen (secondary N) is 1. The highest BCUT2D eigenvalue weighted by atomic mass is 16.2. The van der Waals surface area contributed by atoms with Crippen molar-refractivity contribution in [1.82, 2.24) is 15.1 Å². The molecule has 2 rings (SSSR count). The van der Waals surface area contributed by atoms with Crippen LogP contribution in [0.5, 0.6) is 0 Å². The van der Waals surface area contributed by atoms with Crippen molar-refractivity contribution in [3.05, 3.63) is 35.9 Å². The van der Waals surface area contributed by atoms with Crippen molar-refractivity contribution < 1.29 is 19.2 Å². The average molecular weight is 317 g/mol. The second kappa shape index (κ2) is 7.04. The van der Waals surface area contributed by atoms with Gasteiger partial charge in [0.2, 0.25) is 5.91 Å². The molecule has 0 bridgehead atoms. The topological polar surface area (TPSA) is 86.8 Å². The molecule has 0 radical (unpaired) electrons. The van der Waals surface area contributed by atoms with E-state index in [4.69, 9.17) is 0 Å². The highest BCUT2D eigenvalue weighted by Gasteiger charge is 2.44. The first kappa shape index (κ1) is 16.7. The third-order valence-electron chi connectivity index (χ3n) is 3.73. The molecule has 7 nitrogen and oxygen atoms in total. The number of carbonyl (C=O) groups is 4. The minimum atomic E-state index is -0.955. The average Bonchev–Trinajstić information content (AvgIpc) is 2.76. The van der Waals surface area contributed by atoms with Crippen LogP contribution in [0.1, 0.15) is 25.3 Å². The highest BCUT2D eigenvalue weighted by molar-refractivity contribution is 6.45. The largest absolute Gasteiger partial charge is 0.354 e. The summed E-state index contributed by atoms with van der Waals surface area (Å²) in [5.41, 5.74) is 1.08. The summed E-state index contributed by atoms with van der Waals surface area (Å²) in [6, 6.07) is 8.93. The smallest absolute Gasteiger partial charge is 0.334 e. The van der Waals surface area contributed by atoms with Gasteiger partial charge in [0.1, 0.15) is 6.54 Å². The maximum absolute atomic E-state index is 11.9. The SMILES string of the molecule is CCN1C(=O)C(=O)N(CC(=O)NC[C@H](C)c2ccccc2)C1=O. The summed E-state index contributed by atoms with van der Waals surface area (Å²) in [7, 11) is 0. The summed E-state index contributed by atoms with van der Waals surface area (Å²) in [4.78, 5) is 48.6. The zero-order valence-corrected chi connectivity index (χ0v) is 13.1. The fraction of sp³-hybridized carbons (Fsp3) is 0.375. The standard InChI is InChI=1S/C16H19N3O4/c1-3-18-14(21)15(22)19(16(18)23)10-13(20)17-9-11(2)12-7-5-4-6-8-12/h4-8,11H,3,9-10H2,1-2H3,(H,17,20)/t11-/m0/s1. The van der Waals surface area contributed by atoms with E-state index in [0.29, 0.717) is 11.4 Å². The van der Waals surface area contributed by atoms with Crippen LogP contribution in [0, 0.1) is 0 Å². The van der Waals surface area contributed by atoms with E-state index in [2.05, 4.69) is 5.32 Å². The lowest BCUT2D eigenvalue weighted by molar-refractivity contribution is -0.143. The van der Waals surface area contributed by atoms with Gasteiger partial charge in [-0.3, -0.25) is 19.3 Å². The Morgan fingerprint density at radius 1 is 1.09 bits per heavy atom. The number of amides is 5. The number of carbonyl (C=O) groups excluding carboxylic acids is 4. The Morgan fingerprint density at radius 2 is 1.70 bits per heavy atom. The van der Waals surface area contributed by atoms with Crippen LogP contribution in [0.4, 0.5) is 4.79 Å².